The van der Waals surface area contributed by atoms with Gasteiger partial charge >= 0.3 is 0 Å². The van der Waals surface area contributed by atoms with Gasteiger partial charge in [0.2, 0.25) is 5.91 Å². The number of hydrogen-bond donors (Lipinski definition) is 3. The Kier molecular flexibility index (Phi) is 3.41. The summed E-state index contributed by atoms with van der Waals surface area (Å²) in [5, 5.41) is 9.16. The van der Waals surface area contributed by atoms with Gasteiger partial charge in [-0.3, -0.25) is 4.79 Å². The topological polar surface area (TPSA) is 89.3 Å². The summed E-state index contributed by atoms with van der Waals surface area (Å²) in [7, 11) is 0. The fourth-order valence-corrected chi connectivity index (χ4v) is 2.30. The molecule has 1 aliphatic carbocycles. The van der Waals surface area contributed by atoms with Crippen LogP contribution in [0.2, 0.25) is 0 Å². The van der Waals surface area contributed by atoms with E-state index in [2.05, 4.69) is 13.8 Å². The second kappa shape index (κ2) is 4.10. The van der Waals surface area contributed by atoms with Gasteiger partial charge < -0.3 is 16.6 Å². The minimum atomic E-state index is -0.603. The Morgan fingerprint density at radius 1 is 1.33 bits per heavy atom. The molecule has 0 aromatic rings. The third-order valence-electron chi connectivity index (χ3n) is 3.75. The number of aliphatic hydroxyl groups excluding tert-OH is 1. The summed E-state index contributed by atoms with van der Waals surface area (Å²) in [4.78, 5) is 11.2. The maximum Gasteiger partial charge on any atom is 0.224 e. The van der Waals surface area contributed by atoms with Gasteiger partial charge in [-0.25, -0.2) is 0 Å². The van der Waals surface area contributed by atoms with Crippen molar-refractivity contribution >= 4 is 5.91 Å². The molecule has 0 aliphatic heterocycles. The molecule has 1 atom stereocenters. The summed E-state index contributed by atoms with van der Waals surface area (Å²) >= 11 is 0. The van der Waals surface area contributed by atoms with Gasteiger partial charge in [-0.15, -0.1) is 0 Å². The molecule has 1 amide bonds. The number of primary amides is 1. The second-order valence-electron chi connectivity index (χ2n) is 5.53. The van der Waals surface area contributed by atoms with Gasteiger partial charge in [0.25, 0.3) is 0 Å². The van der Waals surface area contributed by atoms with Crippen LogP contribution in [-0.4, -0.2) is 23.2 Å². The van der Waals surface area contributed by atoms with E-state index in [0.717, 1.165) is 25.7 Å². The van der Waals surface area contributed by atoms with Crippen molar-refractivity contribution in [3.8, 4) is 0 Å². The lowest BCUT2D eigenvalue weighted by atomic mass is 9.65. The fourth-order valence-electron chi connectivity index (χ4n) is 2.30. The Hall–Kier alpha value is -0.610. The number of aliphatic hydroxyl groups is 1. The van der Waals surface area contributed by atoms with Crippen molar-refractivity contribution in [1.29, 1.82) is 0 Å². The van der Waals surface area contributed by atoms with E-state index in [1.165, 1.54) is 0 Å². The second-order valence-corrected chi connectivity index (χ2v) is 5.53. The SMILES string of the molecule is CC1(C)CCC(N)(C(CO)C(N)=O)CC1. The van der Waals surface area contributed by atoms with E-state index < -0.39 is 17.4 Å². The Morgan fingerprint density at radius 2 is 1.80 bits per heavy atom. The molecule has 1 aliphatic rings. The monoisotopic (exact) mass is 214 g/mol. The molecule has 5 N–H and O–H groups in total. The highest BCUT2D eigenvalue weighted by atomic mass is 16.3. The lowest BCUT2D eigenvalue weighted by Crippen LogP contribution is -2.56. The summed E-state index contributed by atoms with van der Waals surface area (Å²) in [5.41, 5.74) is 11.1. The zero-order valence-electron chi connectivity index (χ0n) is 9.62. The molecule has 0 bridgehead atoms. The number of rotatable bonds is 3. The summed E-state index contributed by atoms with van der Waals surface area (Å²) in [5.74, 6) is -1.09. The van der Waals surface area contributed by atoms with E-state index in [4.69, 9.17) is 16.6 Å². The van der Waals surface area contributed by atoms with E-state index in [0.29, 0.717) is 5.41 Å². The first-order valence-corrected chi connectivity index (χ1v) is 5.50. The smallest absolute Gasteiger partial charge is 0.224 e. The zero-order chi connectivity index (χ0) is 11.7. The van der Waals surface area contributed by atoms with E-state index >= 15 is 0 Å². The molecule has 1 fully saturated rings. The van der Waals surface area contributed by atoms with Crippen molar-refractivity contribution in [1.82, 2.24) is 0 Å². The molecule has 1 saturated carbocycles. The minimum absolute atomic E-state index is 0.244. The summed E-state index contributed by atoms with van der Waals surface area (Å²) < 4.78 is 0. The molecule has 4 heteroatoms. The van der Waals surface area contributed by atoms with Gasteiger partial charge in [-0.2, -0.15) is 0 Å². The van der Waals surface area contributed by atoms with E-state index in [1.54, 1.807) is 0 Å². The molecule has 1 unspecified atom stereocenters. The quantitative estimate of drug-likeness (QED) is 0.634. The van der Waals surface area contributed by atoms with Crippen LogP contribution in [0.3, 0.4) is 0 Å². The van der Waals surface area contributed by atoms with Gasteiger partial charge in [-0.05, 0) is 31.1 Å². The Morgan fingerprint density at radius 3 is 2.13 bits per heavy atom. The van der Waals surface area contributed by atoms with Crippen LogP contribution in [0.5, 0.6) is 0 Å². The molecule has 0 spiro atoms. The number of hydrogen-bond acceptors (Lipinski definition) is 3. The molecule has 15 heavy (non-hydrogen) atoms. The Balaban J connectivity index is 2.72. The van der Waals surface area contributed by atoms with Crippen molar-refractivity contribution in [3.63, 3.8) is 0 Å². The van der Waals surface area contributed by atoms with E-state index in [-0.39, 0.29) is 6.61 Å². The van der Waals surface area contributed by atoms with Crippen LogP contribution in [0.25, 0.3) is 0 Å². The molecular weight excluding hydrogens is 192 g/mol. The molecular formula is C11H22N2O2. The van der Waals surface area contributed by atoms with Crippen LogP contribution in [0.1, 0.15) is 39.5 Å². The third kappa shape index (κ3) is 2.69. The number of nitrogens with two attached hydrogens (primary N) is 2. The van der Waals surface area contributed by atoms with Crippen LogP contribution in [-0.2, 0) is 4.79 Å². The standard InChI is InChI=1S/C11H22N2O2/c1-10(2)3-5-11(13,6-4-10)8(7-14)9(12)15/h8,14H,3-7,13H2,1-2H3,(H2,12,15). The highest BCUT2D eigenvalue weighted by Crippen LogP contribution is 2.41. The van der Waals surface area contributed by atoms with Gasteiger partial charge in [0, 0.05) is 5.54 Å². The van der Waals surface area contributed by atoms with Crippen molar-refractivity contribution in [2.45, 2.75) is 45.1 Å². The Bertz CT molecular complexity index is 241. The van der Waals surface area contributed by atoms with Crippen molar-refractivity contribution in [2.75, 3.05) is 6.61 Å². The predicted molar refractivity (Wildman–Crippen MR) is 58.9 cm³/mol. The first kappa shape index (κ1) is 12.5. The molecule has 0 aromatic heterocycles. The average molecular weight is 214 g/mol. The van der Waals surface area contributed by atoms with Crippen molar-refractivity contribution in [2.24, 2.45) is 22.8 Å². The highest BCUT2D eigenvalue weighted by molar-refractivity contribution is 5.78. The van der Waals surface area contributed by atoms with Crippen LogP contribution in [0.4, 0.5) is 0 Å². The van der Waals surface area contributed by atoms with Crippen molar-refractivity contribution < 1.29 is 9.90 Å². The maximum absolute atomic E-state index is 11.2. The van der Waals surface area contributed by atoms with Gasteiger partial charge in [0.05, 0.1) is 12.5 Å². The van der Waals surface area contributed by atoms with E-state index in [9.17, 15) is 4.79 Å². The molecule has 0 heterocycles. The van der Waals surface area contributed by atoms with Crippen LogP contribution >= 0.6 is 0 Å². The molecule has 1 rings (SSSR count). The molecule has 4 nitrogen and oxygen atoms in total. The fraction of sp³-hybridized carbons (Fsp3) is 0.909. The zero-order valence-corrected chi connectivity index (χ0v) is 9.62. The van der Waals surface area contributed by atoms with Gasteiger partial charge in [0.15, 0.2) is 0 Å². The summed E-state index contributed by atoms with van der Waals surface area (Å²) in [6.07, 6.45) is 3.48. The molecule has 0 radical (unpaired) electrons. The first-order valence-electron chi connectivity index (χ1n) is 5.50. The number of carbonyl (C=O) groups excluding carboxylic acids is 1. The number of amides is 1. The summed E-state index contributed by atoms with van der Waals surface area (Å²) in [6.45, 7) is 4.15. The first-order chi connectivity index (χ1) is 6.81. The Labute approximate surface area is 91.0 Å². The van der Waals surface area contributed by atoms with E-state index in [1.807, 2.05) is 0 Å². The number of carbonyl (C=O) groups is 1. The van der Waals surface area contributed by atoms with Gasteiger partial charge in [0.1, 0.15) is 0 Å². The van der Waals surface area contributed by atoms with Crippen LogP contribution in [0.15, 0.2) is 0 Å². The molecule has 0 saturated heterocycles. The highest BCUT2D eigenvalue weighted by Gasteiger charge is 2.43. The minimum Gasteiger partial charge on any atom is -0.395 e. The lowest BCUT2D eigenvalue weighted by Gasteiger charge is -2.44. The van der Waals surface area contributed by atoms with Gasteiger partial charge in [-0.1, -0.05) is 13.8 Å². The summed E-state index contributed by atoms with van der Waals surface area (Å²) in [6, 6.07) is 0. The molecule has 88 valence electrons. The normalized spacial score (nSPS) is 25.9. The largest absolute Gasteiger partial charge is 0.395 e. The third-order valence-corrected chi connectivity index (χ3v) is 3.75. The predicted octanol–water partition coefficient (Wildman–Crippen LogP) is 0.378. The average Bonchev–Trinajstić information content (AvgIpc) is 2.12. The molecule has 0 aromatic carbocycles. The van der Waals surface area contributed by atoms with Crippen LogP contribution < -0.4 is 11.5 Å². The lowest BCUT2D eigenvalue weighted by molar-refractivity contribution is -0.126. The van der Waals surface area contributed by atoms with Crippen molar-refractivity contribution in [3.05, 3.63) is 0 Å². The van der Waals surface area contributed by atoms with Crippen LogP contribution in [0, 0.1) is 11.3 Å². The maximum atomic E-state index is 11.2.